The Labute approximate surface area is 260 Å². The number of hydrogen-bond acceptors (Lipinski definition) is 7. The molecule has 1 saturated carbocycles. The lowest BCUT2D eigenvalue weighted by Crippen LogP contribution is -2.50. The molecule has 10 nitrogen and oxygen atoms in total. The fourth-order valence-electron chi connectivity index (χ4n) is 8.21. The zero-order valence-corrected chi connectivity index (χ0v) is 24.6. The lowest BCUT2D eigenvalue weighted by Gasteiger charge is -2.44. The number of nitrogens with zero attached hydrogens (tertiary/aromatic N) is 5. The van der Waals surface area contributed by atoms with Crippen molar-refractivity contribution in [3.05, 3.63) is 83.9 Å². The number of benzene rings is 3. The van der Waals surface area contributed by atoms with Crippen molar-refractivity contribution < 1.29 is 23.6 Å². The van der Waals surface area contributed by atoms with E-state index >= 15 is 0 Å². The number of allylic oxidation sites excluding steroid dienone is 2. The number of anilines is 2. The van der Waals surface area contributed by atoms with Crippen LogP contribution in [-0.4, -0.2) is 38.4 Å². The predicted molar refractivity (Wildman–Crippen MR) is 165 cm³/mol. The molecule has 0 radical (unpaired) electrons. The fourth-order valence-corrected chi connectivity index (χ4v) is 8.33. The highest BCUT2D eigenvalue weighted by Crippen LogP contribution is 2.58. The minimum atomic E-state index is -0.804. The summed E-state index contributed by atoms with van der Waals surface area (Å²) in [5.74, 6) is -5.88. The molecule has 5 aromatic rings. The molecular weight excluding hydrogens is 594 g/mol. The third-order valence-corrected chi connectivity index (χ3v) is 10.3. The summed E-state index contributed by atoms with van der Waals surface area (Å²) in [4.78, 5) is 58.2. The van der Waals surface area contributed by atoms with Crippen molar-refractivity contribution in [3.63, 3.8) is 0 Å². The second kappa shape index (κ2) is 9.21. The fraction of sp³-hybridized carbons (Fsp3) is 0.235. The molecule has 6 atom stereocenters. The van der Waals surface area contributed by atoms with Gasteiger partial charge in [-0.3, -0.25) is 19.2 Å². The maximum Gasteiger partial charge on any atom is 0.332 e. The van der Waals surface area contributed by atoms with Crippen LogP contribution in [0.1, 0.15) is 6.92 Å². The smallest absolute Gasteiger partial charge is 0.332 e. The van der Waals surface area contributed by atoms with E-state index in [1.165, 1.54) is 4.90 Å². The van der Waals surface area contributed by atoms with Gasteiger partial charge in [-0.15, -0.1) is 5.10 Å². The van der Waals surface area contributed by atoms with E-state index in [1.54, 1.807) is 24.3 Å². The molecular formula is C34H24ClN5O5. The van der Waals surface area contributed by atoms with E-state index in [0.717, 1.165) is 33.3 Å². The normalized spacial score (nSPS) is 27.0. The van der Waals surface area contributed by atoms with Crippen LogP contribution in [0.25, 0.3) is 33.3 Å². The SMILES string of the molecule is CCn1c2ccccc2c2cc(N3C(=O)C4C5C=CC(C4C3=O)C3C(=O)N(c4nnc(-c6ccc(Cl)cc6)o4)C(=O)C53)ccc21. The molecule has 10 rings (SSSR count). The van der Waals surface area contributed by atoms with Gasteiger partial charge in [0.15, 0.2) is 0 Å². The Morgan fingerprint density at radius 2 is 1.31 bits per heavy atom. The molecule has 2 saturated heterocycles. The molecule has 0 spiro atoms. The number of imide groups is 2. The maximum atomic E-state index is 14.1. The number of carbonyl (C=O) groups is 4. The Bertz CT molecular complexity index is 2120. The van der Waals surface area contributed by atoms with Crippen LogP contribution in [0.15, 0.2) is 83.3 Å². The van der Waals surface area contributed by atoms with Gasteiger partial charge >= 0.3 is 6.01 Å². The number of amides is 4. The van der Waals surface area contributed by atoms with Crippen LogP contribution in [0.5, 0.6) is 0 Å². The summed E-state index contributed by atoms with van der Waals surface area (Å²) in [5.41, 5.74) is 3.18. The zero-order chi connectivity index (χ0) is 30.7. The van der Waals surface area contributed by atoms with E-state index in [9.17, 15) is 19.2 Å². The molecule has 0 N–H and O–H groups in total. The summed E-state index contributed by atoms with van der Waals surface area (Å²) in [7, 11) is 0. The Morgan fingerprint density at radius 1 is 0.711 bits per heavy atom. The third kappa shape index (κ3) is 3.40. The molecule has 2 aliphatic heterocycles. The molecule has 2 aromatic heterocycles. The lowest BCUT2D eigenvalue weighted by molar-refractivity contribution is -0.137. The summed E-state index contributed by atoms with van der Waals surface area (Å²) in [6.07, 6.45) is 3.67. The first kappa shape index (κ1) is 26.3. The highest BCUT2D eigenvalue weighted by atomic mass is 35.5. The van der Waals surface area contributed by atoms with Gasteiger partial charge in [-0.25, -0.2) is 4.90 Å². The number of fused-ring (bicyclic) bond motifs is 3. The van der Waals surface area contributed by atoms with Gasteiger partial charge in [0.25, 0.3) is 0 Å². The molecule has 45 heavy (non-hydrogen) atoms. The molecule has 3 fully saturated rings. The van der Waals surface area contributed by atoms with Crippen molar-refractivity contribution in [3.8, 4) is 11.5 Å². The lowest BCUT2D eigenvalue weighted by atomic mass is 9.54. The average molecular weight is 618 g/mol. The van der Waals surface area contributed by atoms with Gasteiger partial charge in [0, 0.05) is 50.8 Å². The minimum Gasteiger partial charge on any atom is -0.403 e. The second-order valence-corrected chi connectivity index (χ2v) is 12.5. The predicted octanol–water partition coefficient (Wildman–Crippen LogP) is 5.25. The van der Waals surface area contributed by atoms with Crippen LogP contribution in [-0.2, 0) is 25.7 Å². The first-order valence-corrected chi connectivity index (χ1v) is 15.3. The zero-order valence-electron chi connectivity index (χ0n) is 23.8. The van der Waals surface area contributed by atoms with Crippen molar-refractivity contribution in [2.75, 3.05) is 9.80 Å². The van der Waals surface area contributed by atoms with E-state index < -0.39 is 47.3 Å². The standard InChI is InChI=1S/C34H24ClN5O5/c1-2-38-23-6-4-3-5-19(23)22-15-18(11-14-24(22)38)39-30(41)25-20-12-13-21(26(25)31(39)42)28-27(20)32(43)40(33(28)44)34-37-36-29(45-34)16-7-9-17(35)10-8-16/h3-15,20-21,25-28H,2H2,1H3. The van der Waals surface area contributed by atoms with Crippen LogP contribution in [0, 0.1) is 35.5 Å². The molecule has 6 unspecified atom stereocenters. The summed E-state index contributed by atoms with van der Waals surface area (Å²) in [6.45, 7) is 2.86. The molecule has 5 aliphatic rings. The molecule has 3 aromatic carbocycles. The van der Waals surface area contributed by atoms with E-state index in [4.69, 9.17) is 16.0 Å². The van der Waals surface area contributed by atoms with E-state index in [-0.39, 0.29) is 23.7 Å². The molecule has 222 valence electrons. The van der Waals surface area contributed by atoms with Gasteiger partial charge in [0.1, 0.15) is 0 Å². The number of para-hydroxylation sites is 1. The van der Waals surface area contributed by atoms with Gasteiger partial charge in [0.05, 0.1) is 29.4 Å². The first-order chi connectivity index (χ1) is 21.9. The number of hydrogen-bond donors (Lipinski definition) is 0. The summed E-state index contributed by atoms with van der Waals surface area (Å²) in [5, 5.41) is 10.6. The van der Waals surface area contributed by atoms with Crippen molar-refractivity contribution in [2.45, 2.75) is 13.5 Å². The molecule has 4 amide bonds. The van der Waals surface area contributed by atoms with Crippen LogP contribution in [0.3, 0.4) is 0 Å². The number of aryl methyl sites for hydroxylation is 1. The van der Waals surface area contributed by atoms with E-state index in [0.29, 0.717) is 16.3 Å². The molecule has 3 aliphatic carbocycles. The highest BCUT2D eigenvalue weighted by Gasteiger charge is 2.69. The molecule has 4 heterocycles. The van der Waals surface area contributed by atoms with Crippen LogP contribution < -0.4 is 9.80 Å². The topological polar surface area (TPSA) is 119 Å². The summed E-state index contributed by atoms with van der Waals surface area (Å²) in [6, 6.07) is 20.2. The molecule has 11 heteroatoms. The van der Waals surface area contributed by atoms with Crippen molar-refractivity contribution in [2.24, 2.45) is 35.5 Å². The Hall–Kier alpha value is -5.09. The quantitative estimate of drug-likeness (QED) is 0.200. The van der Waals surface area contributed by atoms with Crippen LogP contribution in [0.2, 0.25) is 5.02 Å². The summed E-state index contributed by atoms with van der Waals surface area (Å²) < 4.78 is 7.98. The number of aromatic nitrogens is 3. The van der Waals surface area contributed by atoms with Gasteiger partial charge < -0.3 is 8.98 Å². The second-order valence-electron chi connectivity index (χ2n) is 12.0. The minimum absolute atomic E-state index is 0.134. The van der Waals surface area contributed by atoms with Gasteiger partial charge in [-0.2, -0.15) is 4.90 Å². The van der Waals surface area contributed by atoms with E-state index in [2.05, 4.69) is 27.8 Å². The monoisotopic (exact) mass is 617 g/mol. The van der Waals surface area contributed by atoms with Gasteiger partial charge in [-0.05, 0) is 55.5 Å². The Kier molecular flexibility index (Phi) is 5.39. The maximum absolute atomic E-state index is 14.1. The molecule has 2 bridgehead atoms. The first-order valence-electron chi connectivity index (χ1n) is 14.9. The largest absolute Gasteiger partial charge is 0.403 e. The van der Waals surface area contributed by atoms with Crippen molar-refractivity contribution >= 4 is 68.7 Å². The number of carbonyl (C=O) groups excluding carboxylic acids is 4. The Morgan fingerprint density at radius 3 is 1.96 bits per heavy atom. The number of halogens is 1. The van der Waals surface area contributed by atoms with E-state index in [1.807, 2.05) is 48.6 Å². The summed E-state index contributed by atoms with van der Waals surface area (Å²) >= 11 is 5.98. The number of rotatable bonds is 4. The Balaban J connectivity index is 1.06. The third-order valence-electron chi connectivity index (χ3n) is 10.0. The van der Waals surface area contributed by atoms with Crippen molar-refractivity contribution in [1.82, 2.24) is 14.8 Å². The van der Waals surface area contributed by atoms with Crippen LogP contribution >= 0.6 is 11.6 Å². The average Bonchev–Trinajstić information content (AvgIpc) is 3.80. The highest BCUT2D eigenvalue weighted by molar-refractivity contribution is 6.30. The van der Waals surface area contributed by atoms with Crippen molar-refractivity contribution in [1.29, 1.82) is 0 Å². The van der Waals surface area contributed by atoms with Gasteiger partial charge in [0.2, 0.25) is 29.5 Å². The van der Waals surface area contributed by atoms with Crippen LogP contribution in [0.4, 0.5) is 11.7 Å². The van der Waals surface area contributed by atoms with Gasteiger partial charge in [-0.1, -0.05) is 47.1 Å².